The quantitative estimate of drug-likeness (QED) is 0.850. The van der Waals surface area contributed by atoms with E-state index in [4.69, 9.17) is 0 Å². The first-order chi connectivity index (χ1) is 7.17. The maximum Gasteiger partial charge on any atom is 0.240 e. The molecule has 3 nitrogen and oxygen atoms in total. The molecular formula is C11H21NO2S. The Balaban J connectivity index is 0. The first kappa shape index (κ1) is 16.6. The highest BCUT2D eigenvalue weighted by Gasteiger charge is 2.08. The summed E-state index contributed by atoms with van der Waals surface area (Å²) >= 11 is 0. The molecule has 1 N–H and O–H groups in total. The van der Waals surface area contributed by atoms with Gasteiger partial charge in [0, 0.05) is 0 Å². The molecule has 1 rings (SSSR count). The third-order valence-electron chi connectivity index (χ3n) is 1.32. The van der Waals surface area contributed by atoms with Crippen LogP contribution in [0.1, 0.15) is 27.7 Å². The lowest BCUT2D eigenvalue weighted by molar-refractivity contribution is 0.588. The third kappa shape index (κ3) is 6.25. The van der Waals surface area contributed by atoms with Gasteiger partial charge in [-0.1, -0.05) is 45.9 Å². The van der Waals surface area contributed by atoms with Crippen molar-refractivity contribution in [1.29, 1.82) is 0 Å². The Morgan fingerprint density at radius 1 is 0.933 bits per heavy atom. The lowest BCUT2D eigenvalue weighted by Gasteiger charge is -1.99. The smallest absolute Gasteiger partial charge is 0.214 e. The van der Waals surface area contributed by atoms with Crippen molar-refractivity contribution in [3.63, 3.8) is 0 Å². The van der Waals surface area contributed by atoms with Gasteiger partial charge in [-0.05, 0) is 19.2 Å². The van der Waals surface area contributed by atoms with E-state index in [1.54, 1.807) is 30.3 Å². The van der Waals surface area contributed by atoms with Crippen LogP contribution in [0.5, 0.6) is 0 Å². The summed E-state index contributed by atoms with van der Waals surface area (Å²) in [4.78, 5) is 0.294. The maximum absolute atomic E-state index is 11.1. The standard InChI is InChI=1S/C7H9NO2S.2C2H6/c1-8-11(9,10)7-5-3-2-4-6-7;2*1-2/h2-6,8H,1H3;2*1-2H3. The summed E-state index contributed by atoms with van der Waals surface area (Å²) in [6, 6.07) is 8.24. The van der Waals surface area contributed by atoms with Crippen molar-refractivity contribution < 1.29 is 8.42 Å². The average Bonchev–Trinajstić information content (AvgIpc) is 2.35. The van der Waals surface area contributed by atoms with Crippen molar-refractivity contribution in [3.05, 3.63) is 30.3 Å². The second-order valence-corrected chi connectivity index (χ2v) is 3.91. The molecule has 0 fully saturated rings. The van der Waals surface area contributed by atoms with E-state index in [-0.39, 0.29) is 0 Å². The molecule has 88 valence electrons. The van der Waals surface area contributed by atoms with Crippen LogP contribution in [-0.4, -0.2) is 15.5 Å². The van der Waals surface area contributed by atoms with Crippen LogP contribution in [-0.2, 0) is 10.0 Å². The molecule has 0 unspecified atom stereocenters. The molecule has 1 aromatic rings. The van der Waals surface area contributed by atoms with Crippen molar-refractivity contribution in [2.24, 2.45) is 0 Å². The number of hydrogen-bond donors (Lipinski definition) is 1. The topological polar surface area (TPSA) is 46.2 Å². The first-order valence-electron chi connectivity index (χ1n) is 5.15. The molecule has 1 aromatic carbocycles. The maximum atomic E-state index is 11.1. The fourth-order valence-corrected chi connectivity index (χ4v) is 1.47. The van der Waals surface area contributed by atoms with Gasteiger partial charge in [0.1, 0.15) is 0 Å². The van der Waals surface area contributed by atoms with Crippen LogP contribution in [0, 0.1) is 0 Å². The highest BCUT2D eigenvalue weighted by Crippen LogP contribution is 2.05. The van der Waals surface area contributed by atoms with E-state index in [9.17, 15) is 8.42 Å². The lowest BCUT2D eigenvalue weighted by Crippen LogP contribution is -2.18. The fraction of sp³-hybridized carbons (Fsp3) is 0.455. The normalized spacial score (nSPS) is 9.13. The van der Waals surface area contributed by atoms with E-state index in [2.05, 4.69) is 4.72 Å². The zero-order valence-electron chi connectivity index (χ0n) is 10.1. The van der Waals surface area contributed by atoms with Gasteiger partial charge in [0.15, 0.2) is 0 Å². The van der Waals surface area contributed by atoms with Gasteiger partial charge in [0.25, 0.3) is 0 Å². The highest BCUT2D eigenvalue weighted by atomic mass is 32.2. The average molecular weight is 231 g/mol. The largest absolute Gasteiger partial charge is 0.240 e. The number of nitrogens with one attached hydrogen (secondary N) is 1. The summed E-state index contributed by atoms with van der Waals surface area (Å²) in [7, 11) is -1.86. The SMILES string of the molecule is CC.CC.CNS(=O)(=O)c1ccccc1. The summed E-state index contributed by atoms with van der Waals surface area (Å²) in [6.45, 7) is 8.00. The molecule has 0 spiro atoms. The summed E-state index contributed by atoms with van der Waals surface area (Å²) in [5, 5.41) is 0. The minimum absolute atomic E-state index is 0.294. The monoisotopic (exact) mass is 231 g/mol. The van der Waals surface area contributed by atoms with Crippen LogP contribution >= 0.6 is 0 Å². The first-order valence-corrected chi connectivity index (χ1v) is 6.64. The second kappa shape index (κ2) is 9.68. The molecule has 0 amide bonds. The van der Waals surface area contributed by atoms with E-state index in [0.717, 1.165) is 0 Å². The van der Waals surface area contributed by atoms with Crippen molar-refractivity contribution in [1.82, 2.24) is 4.72 Å². The van der Waals surface area contributed by atoms with Crippen LogP contribution in [0.4, 0.5) is 0 Å². The van der Waals surface area contributed by atoms with Crippen LogP contribution in [0.25, 0.3) is 0 Å². The van der Waals surface area contributed by atoms with E-state index in [1.807, 2.05) is 27.7 Å². The molecule has 15 heavy (non-hydrogen) atoms. The van der Waals surface area contributed by atoms with Crippen molar-refractivity contribution >= 4 is 10.0 Å². The number of rotatable bonds is 2. The Bertz CT molecular complexity index is 320. The molecule has 0 bridgehead atoms. The van der Waals surface area contributed by atoms with Gasteiger partial charge < -0.3 is 0 Å². The molecule has 4 heteroatoms. The van der Waals surface area contributed by atoms with Gasteiger partial charge in [0.2, 0.25) is 10.0 Å². The van der Waals surface area contributed by atoms with Crippen LogP contribution < -0.4 is 4.72 Å². The Hall–Kier alpha value is -0.870. The Morgan fingerprint density at radius 3 is 1.67 bits per heavy atom. The summed E-state index contributed by atoms with van der Waals surface area (Å²) < 4.78 is 24.4. The number of benzene rings is 1. The Kier molecular flexibility index (Phi) is 10.7. The van der Waals surface area contributed by atoms with Crippen LogP contribution in [0.2, 0.25) is 0 Å². The molecule has 0 saturated heterocycles. The van der Waals surface area contributed by atoms with E-state index in [0.29, 0.717) is 4.90 Å². The second-order valence-electron chi connectivity index (χ2n) is 2.02. The fourth-order valence-electron chi connectivity index (χ4n) is 0.717. The van der Waals surface area contributed by atoms with Crippen molar-refractivity contribution in [2.75, 3.05) is 7.05 Å². The third-order valence-corrected chi connectivity index (χ3v) is 2.75. The van der Waals surface area contributed by atoms with Gasteiger partial charge in [-0.15, -0.1) is 0 Å². The van der Waals surface area contributed by atoms with Gasteiger partial charge in [-0.25, -0.2) is 13.1 Å². The van der Waals surface area contributed by atoms with Gasteiger partial charge in [-0.2, -0.15) is 0 Å². The van der Waals surface area contributed by atoms with E-state index in [1.165, 1.54) is 7.05 Å². The predicted molar refractivity (Wildman–Crippen MR) is 65.4 cm³/mol. The molecule has 0 aromatic heterocycles. The van der Waals surface area contributed by atoms with Crippen LogP contribution in [0.3, 0.4) is 0 Å². The van der Waals surface area contributed by atoms with Gasteiger partial charge >= 0.3 is 0 Å². The molecular weight excluding hydrogens is 210 g/mol. The minimum atomic E-state index is -3.25. The zero-order chi connectivity index (χ0) is 12.3. The summed E-state index contributed by atoms with van der Waals surface area (Å²) in [5.74, 6) is 0. The molecule has 0 heterocycles. The molecule has 0 radical (unpaired) electrons. The summed E-state index contributed by atoms with van der Waals surface area (Å²) in [6.07, 6.45) is 0. The molecule has 0 aliphatic rings. The van der Waals surface area contributed by atoms with Gasteiger partial charge in [-0.3, -0.25) is 0 Å². The van der Waals surface area contributed by atoms with Crippen molar-refractivity contribution in [3.8, 4) is 0 Å². The highest BCUT2D eigenvalue weighted by molar-refractivity contribution is 7.89. The van der Waals surface area contributed by atoms with E-state index < -0.39 is 10.0 Å². The molecule has 0 atom stereocenters. The minimum Gasteiger partial charge on any atom is -0.214 e. The van der Waals surface area contributed by atoms with Gasteiger partial charge in [0.05, 0.1) is 4.90 Å². The summed E-state index contributed by atoms with van der Waals surface area (Å²) in [5.41, 5.74) is 0. The number of hydrogen-bond acceptors (Lipinski definition) is 2. The van der Waals surface area contributed by atoms with E-state index >= 15 is 0 Å². The molecule has 0 saturated carbocycles. The zero-order valence-corrected chi connectivity index (χ0v) is 10.9. The van der Waals surface area contributed by atoms with Crippen molar-refractivity contribution in [2.45, 2.75) is 32.6 Å². The molecule has 0 aliphatic heterocycles. The Morgan fingerprint density at radius 2 is 1.33 bits per heavy atom. The molecule has 0 aliphatic carbocycles. The predicted octanol–water partition coefficient (Wildman–Crippen LogP) is 2.65. The van der Waals surface area contributed by atoms with Crippen LogP contribution in [0.15, 0.2) is 35.2 Å². The number of sulfonamides is 1. The lowest BCUT2D eigenvalue weighted by atomic mass is 10.4. The Labute approximate surface area is 93.6 Å².